The number of aliphatic imine (C=N–C) groups is 1. The van der Waals surface area contributed by atoms with Crippen LogP contribution in [0.25, 0.3) is 10.9 Å². The highest BCUT2D eigenvalue weighted by atomic mass is 16.5. The van der Waals surface area contributed by atoms with E-state index in [0.717, 1.165) is 16.5 Å². The molecule has 0 radical (unpaired) electrons. The van der Waals surface area contributed by atoms with E-state index in [9.17, 15) is 9.59 Å². The van der Waals surface area contributed by atoms with Crippen LogP contribution >= 0.6 is 0 Å². The number of ether oxygens (including phenoxy) is 1. The summed E-state index contributed by atoms with van der Waals surface area (Å²) in [5, 5.41) is 3.91. The van der Waals surface area contributed by atoms with Crippen molar-refractivity contribution in [2.75, 3.05) is 6.61 Å². The number of carbonyl (C=O) groups excluding carboxylic acids is 2. The van der Waals surface area contributed by atoms with Crippen molar-refractivity contribution in [1.29, 1.82) is 0 Å². The third-order valence-electron chi connectivity index (χ3n) is 5.41. The Morgan fingerprint density at radius 2 is 1.65 bits per heavy atom. The van der Waals surface area contributed by atoms with Crippen LogP contribution in [-0.2, 0) is 17.8 Å². The minimum atomic E-state index is -0.720. The number of para-hydroxylation sites is 1. The van der Waals surface area contributed by atoms with Gasteiger partial charge in [-0.2, -0.15) is 4.99 Å². The summed E-state index contributed by atoms with van der Waals surface area (Å²) in [6.07, 6.45) is 1.19. The average molecular weight is 455 g/mol. The zero-order chi connectivity index (χ0) is 23.9. The van der Waals surface area contributed by atoms with Gasteiger partial charge in [-0.3, -0.25) is 4.79 Å². The molecule has 0 saturated carbocycles. The molecule has 4 aromatic rings. The van der Waals surface area contributed by atoms with Gasteiger partial charge in [0.15, 0.2) is 0 Å². The lowest BCUT2D eigenvalue weighted by Crippen LogP contribution is -2.22. The number of aromatic nitrogens is 1. The summed E-state index contributed by atoms with van der Waals surface area (Å²) in [5.41, 5.74) is 10.2. The Labute approximate surface area is 197 Å². The summed E-state index contributed by atoms with van der Waals surface area (Å²) in [6.45, 7) is 2.98. The number of nitrogens with two attached hydrogens (primary N) is 1. The molecular formula is C27H26N4O3. The van der Waals surface area contributed by atoms with Crippen LogP contribution in [0, 0.1) is 0 Å². The van der Waals surface area contributed by atoms with Crippen LogP contribution in [0.5, 0.6) is 0 Å². The summed E-state index contributed by atoms with van der Waals surface area (Å²) >= 11 is 0. The lowest BCUT2D eigenvalue weighted by molar-refractivity contribution is 0.0952. The number of carbonyl (C=O) groups is 2. The van der Waals surface area contributed by atoms with Gasteiger partial charge in [0.1, 0.15) is 5.84 Å². The number of hydrogen-bond donors (Lipinski definition) is 2. The van der Waals surface area contributed by atoms with E-state index in [-0.39, 0.29) is 18.3 Å². The second-order valence-electron chi connectivity index (χ2n) is 7.75. The molecule has 1 heterocycles. The molecule has 0 fully saturated rings. The lowest BCUT2D eigenvalue weighted by atomic mass is 10.1. The van der Waals surface area contributed by atoms with E-state index in [2.05, 4.69) is 27.0 Å². The van der Waals surface area contributed by atoms with Crippen molar-refractivity contribution in [1.82, 2.24) is 9.88 Å². The highest BCUT2D eigenvalue weighted by Gasteiger charge is 2.15. The maximum Gasteiger partial charge on any atom is 0.435 e. The van der Waals surface area contributed by atoms with E-state index in [1.165, 1.54) is 5.56 Å². The van der Waals surface area contributed by atoms with Crippen molar-refractivity contribution in [3.63, 3.8) is 0 Å². The molecule has 7 heteroatoms. The van der Waals surface area contributed by atoms with Crippen molar-refractivity contribution < 1.29 is 14.3 Å². The topological polar surface area (TPSA) is 98.7 Å². The Bertz CT molecular complexity index is 1330. The first-order valence-electron chi connectivity index (χ1n) is 11.1. The minimum absolute atomic E-state index is 0.0836. The lowest BCUT2D eigenvalue weighted by Gasteiger charge is -2.06. The first-order chi connectivity index (χ1) is 16.5. The predicted octanol–water partition coefficient (Wildman–Crippen LogP) is 4.48. The Kier molecular flexibility index (Phi) is 7.03. The molecule has 172 valence electrons. The van der Waals surface area contributed by atoms with Gasteiger partial charge in [0.25, 0.3) is 5.91 Å². The number of amides is 2. The molecule has 0 saturated heterocycles. The molecule has 7 nitrogen and oxygen atoms in total. The molecule has 0 unspecified atom stereocenters. The summed E-state index contributed by atoms with van der Waals surface area (Å²) in [7, 11) is 0. The summed E-state index contributed by atoms with van der Waals surface area (Å²) in [4.78, 5) is 28.2. The third-order valence-corrected chi connectivity index (χ3v) is 5.41. The van der Waals surface area contributed by atoms with Gasteiger partial charge in [-0.1, -0.05) is 72.8 Å². The summed E-state index contributed by atoms with van der Waals surface area (Å²) < 4.78 is 6.87. The molecule has 0 aliphatic rings. The highest BCUT2D eigenvalue weighted by Crippen LogP contribution is 2.22. The van der Waals surface area contributed by atoms with E-state index in [1.54, 1.807) is 19.1 Å². The van der Waals surface area contributed by atoms with Crippen LogP contribution < -0.4 is 11.1 Å². The second kappa shape index (κ2) is 10.5. The molecular weight excluding hydrogens is 428 g/mol. The Balaban J connectivity index is 1.46. The van der Waals surface area contributed by atoms with E-state index >= 15 is 0 Å². The van der Waals surface area contributed by atoms with Crippen molar-refractivity contribution in [3.8, 4) is 0 Å². The molecule has 0 aliphatic carbocycles. The van der Waals surface area contributed by atoms with Gasteiger partial charge in [0, 0.05) is 35.8 Å². The molecule has 0 atom stereocenters. The number of nitrogens with zero attached hydrogens (tertiary/aromatic N) is 2. The normalized spacial score (nSPS) is 11.4. The van der Waals surface area contributed by atoms with Crippen LogP contribution in [0.4, 0.5) is 4.79 Å². The fraction of sp³-hybridized carbons (Fsp3) is 0.148. The standard InChI is InChI=1S/C27H26N4O3/c1-2-34-27(33)30-25(28)21-14-12-19(13-15-21)16-29-26(32)23-18-31(17-20-8-4-3-5-9-20)24-11-7-6-10-22(23)24/h3-15,18H,2,16-17H2,1H3,(H,29,32)(H2,28,30,33). The molecule has 4 rings (SSSR count). The fourth-order valence-corrected chi connectivity index (χ4v) is 3.73. The van der Waals surface area contributed by atoms with E-state index in [4.69, 9.17) is 10.5 Å². The number of benzene rings is 3. The van der Waals surface area contributed by atoms with Crippen LogP contribution in [0.15, 0.2) is 90.1 Å². The van der Waals surface area contributed by atoms with Gasteiger partial charge in [-0.05, 0) is 24.1 Å². The average Bonchev–Trinajstić information content (AvgIpc) is 3.22. The number of amidine groups is 1. The largest absolute Gasteiger partial charge is 0.448 e. The SMILES string of the molecule is CCOC(=O)N=C(N)c1ccc(CNC(=O)c2cn(Cc3ccccc3)c3ccccc23)cc1. The summed E-state index contributed by atoms with van der Waals surface area (Å²) in [6, 6.07) is 25.2. The van der Waals surface area contributed by atoms with Crippen molar-refractivity contribution in [3.05, 3.63) is 107 Å². The molecule has 0 aliphatic heterocycles. The van der Waals surface area contributed by atoms with Gasteiger partial charge >= 0.3 is 6.09 Å². The first kappa shape index (κ1) is 22.8. The zero-order valence-corrected chi connectivity index (χ0v) is 18.9. The van der Waals surface area contributed by atoms with Crippen LogP contribution in [0.1, 0.15) is 34.0 Å². The van der Waals surface area contributed by atoms with Crippen LogP contribution in [0.2, 0.25) is 0 Å². The molecule has 3 N–H and O–H groups in total. The Morgan fingerprint density at radius 1 is 0.941 bits per heavy atom. The third kappa shape index (κ3) is 5.32. The number of rotatable bonds is 7. The van der Waals surface area contributed by atoms with Gasteiger partial charge < -0.3 is 20.4 Å². The quantitative estimate of drug-likeness (QED) is 0.318. The van der Waals surface area contributed by atoms with Gasteiger partial charge in [0.05, 0.1) is 12.2 Å². The van der Waals surface area contributed by atoms with Crippen LogP contribution in [-0.4, -0.2) is 29.0 Å². The molecule has 0 spiro atoms. The zero-order valence-electron chi connectivity index (χ0n) is 18.9. The monoisotopic (exact) mass is 454 g/mol. The van der Waals surface area contributed by atoms with Gasteiger partial charge in [-0.15, -0.1) is 0 Å². The maximum absolute atomic E-state index is 13.0. The minimum Gasteiger partial charge on any atom is -0.448 e. The Morgan fingerprint density at radius 3 is 2.38 bits per heavy atom. The molecule has 0 bridgehead atoms. The number of nitrogens with one attached hydrogen (secondary N) is 1. The van der Waals surface area contributed by atoms with Crippen molar-refractivity contribution in [2.24, 2.45) is 10.7 Å². The van der Waals surface area contributed by atoms with Crippen molar-refractivity contribution >= 4 is 28.7 Å². The van der Waals surface area contributed by atoms with Gasteiger partial charge in [-0.25, -0.2) is 4.79 Å². The molecule has 1 aromatic heterocycles. The molecule has 34 heavy (non-hydrogen) atoms. The number of fused-ring (bicyclic) bond motifs is 1. The van der Waals surface area contributed by atoms with E-state index in [0.29, 0.717) is 24.2 Å². The van der Waals surface area contributed by atoms with Crippen LogP contribution in [0.3, 0.4) is 0 Å². The predicted molar refractivity (Wildman–Crippen MR) is 133 cm³/mol. The number of hydrogen-bond acceptors (Lipinski definition) is 3. The maximum atomic E-state index is 13.0. The molecule has 2 amide bonds. The van der Waals surface area contributed by atoms with E-state index in [1.807, 2.05) is 60.8 Å². The summed E-state index contributed by atoms with van der Waals surface area (Å²) in [5.74, 6) is -0.0595. The molecule has 3 aromatic carbocycles. The van der Waals surface area contributed by atoms with Crippen molar-refractivity contribution in [2.45, 2.75) is 20.0 Å². The highest BCUT2D eigenvalue weighted by molar-refractivity contribution is 6.07. The van der Waals surface area contributed by atoms with Gasteiger partial charge in [0.2, 0.25) is 0 Å². The first-order valence-corrected chi connectivity index (χ1v) is 11.1. The second-order valence-corrected chi connectivity index (χ2v) is 7.75. The Hall–Kier alpha value is -4.39. The van der Waals surface area contributed by atoms with E-state index < -0.39 is 6.09 Å². The smallest absolute Gasteiger partial charge is 0.435 e. The fourth-order valence-electron chi connectivity index (χ4n) is 3.73.